The fraction of sp³-hybridized carbons (Fsp3) is 0.417. The molecule has 0 aliphatic rings. The Balaban J connectivity index is 2.91. The molecule has 0 bridgehead atoms. The van der Waals surface area contributed by atoms with Crippen molar-refractivity contribution in [2.45, 2.75) is 19.8 Å². The first-order valence-electron chi connectivity index (χ1n) is 5.41. The van der Waals surface area contributed by atoms with Crippen molar-refractivity contribution < 1.29 is 9.53 Å². The Kier molecular flexibility index (Phi) is 5.59. The van der Waals surface area contributed by atoms with E-state index in [0.29, 0.717) is 27.9 Å². The first-order valence-corrected chi connectivity index (χ1v) is 6.17. The highest BCUT2D eigenvalue weighted by atomic mass is 35.5. The number of benzene rings is 1. The van der Waals surface area contributed by atoms with Crippen LogP contribution in [0, 0.1) is 0 Å². The number of ether oxygens (including phenoxy) is 1. The summed E-state index contributed by atoms with van der Waals surface area (Å²) in [5.74, 6) is 0.129. The van der Waals surface area contributed by atoms with Gasteiger partial charge in [-0.3, -0.25) is 4.79 Å². The van der Waals surface area contributed by atoms with Crippen molar-refractivity contribution in [2.75, 3.05) is 13.7 Å². The van der Waals surface area contributed by atoms with Crippen molar-refractivity contribution in [1.29, 1.82) is 0 Å². The zero-order chi connectivity index (χ0) is 12.8. The smallest absolute Gasteiger partial charge is 0.255 e. The minimum absolute atomic E-state index is 0.222. The second-order valence-corrected chi connectivity index (χ2v) is 4.42. The lowest BCUT2D eigenvalue weighted by Gasteiger charge is -2.11. The van der Waals surface area contributed by atoms with E-state index < -0.39 is 0 Å². The highest BCUT2D eigenvalue weighted by Crippen LogP contribution is 2.32. The number of nitrogens with one attached hydrogen (secondary N) is 1. The molecule has 0 heterocycles. The molecule has 0 saturated carbocycles. The maximum atomic E-state index is 11.9. The summed E-state index contributed by atoms with van der Waals surface area (Å²) in [5.41, 5.74) is 0.362. The molecule has 0 aliphatic carbocycles. The van der Waals surface area contributed by atoms with Crippen LogP contribution in [0.4, 0.5) is 0 Å². The number of unbranched alkanes of at least 4 members (excludes halogenated alkanes) is 1. The fourth-order valence-corrected chi connectivity index (χ4v) is 1.98. The quantitative estimate of drug-likeness (QED) is 0.835. The summed E-state index contributed by atoms with van der Waals surface area (Å²) in [5, 5.41) is 3.54. The van der Waals surface area contributed by atoms with Crippen molar-refractivity contribution in [1.82, 2.24) is 5.32 Å². The van der Waals surface area contributed by atoms with Crippen LogP contribution in [-0.2, 0) is 0 Å². The summed E-state index contributed by atoms with van der Waals surface area (Å²) >= 11 is 11.8. The molecular weight excluding hydrogens is 261 g/mol. The molecule has 1 aromatic carbocycles. The Labute approximate surface area is 111 Å². The lowest BCUT2D eigenvalue weighted by Crippen LogP contribution is -2.24. The Morgan fingerprint density at radius 1 is 1.41 bits per heavy atom. The Hall–Kier alpha value is -0.930. The van der Waals surface area contributed by atoms with Crippen molar-refractivity contribution in [2.24, 2.45) is 0 Å². The summed E-state index contributed by atoms with van der Waals surface area (Å²) in [7, 11) is 1.47. The van der Waals surface area contributed by atoms with Crippen LogP contribution in [0.5, 0.6) is 5.75 Å². The number of carbonyl (C=O) groups is 1. The third-order valence-corrected chi connectivity index (χ3v) is 2.77. The van der Waals surface area contributed by atoms with E-state index in [1.54, 1.807) is 12.1 Å². The largest absolute Gasteiger partial charge is 0.494 e. The second kappa shape index (κ2) is 6.72. The van der Waals surface area contributed by atoms with E-state index in [1.165, 1.54) is 7.11 Å². The third-order valence-electron chi connectivity index (χ3n) is 2.27. The van der Waals surface area contributed by atoms with Gasteiger partial charge in [0.15, 0.2) is 0 Å². The van der Waals surface area contributed by atoms with Gasteiger partial charge in [0.1, 0.15) is 5.75 Å². The van der Waals surface area contributed by atoms with Gasteiger partial charge in [0, 0.05) is 11.6 Å². The summed E-state index contributed by atoms with van der Waals surface area (Å²) < 4.78 is 5.11. The lowest BCUT2D eigenvalue weighted by atomic mass is 10.2. The molecule has 0 saturated heterocycles. The van der Waals surface area contributed by atoms with Crippen LogP contribution in [0.3, 0.4) is 0 Å². The summed E-state index contributed by atoms with van der Waals surface area (Å²) in [6.45, 7) is 2.69. The van der Waals surface area contributed by atoms with E-state index in [-0.39, 0.29) is 5.91 Å². The average molecular weight is 276 g/mol. The highest BCUT2D eigenvalue weighted by molar-refractivity contribution is 6.36. The van der Waals surface area contributed by atoms with Gasteiger partial charge in [-0.2, -0.15) is 0 Å². The maximum absolute atomic E-state index is 11.9. The van der Waals surface area contributed by atoms with Crippen molar-refractivity contribution in [3.63, 3.8) is 0 Å². The molecular formula is C12H15Cl2NO2. The molecule has 0 aromatic heterocycles. The maximum Gasteiger partial charge on any atom is 0.255 e. The van der Waals surface area contributed by atoms with Crippen LogP contribution in [0.2, 0.25) is 10.0 Å². The van der Waals surface area contributed by atoms with Crippen LogP contribution >= 0.6 is 23.2 Å². The molecule has 0 unspecified atom stereocenters. The molecule has 17 heavy (non-hydrogen) atoms. The number of hydrogen-bond acceptors (Lipinski definition) is 2. The van der Waals surface area contributed by atoms with Gasteiger partial charge < -0.3 is 10.1 Å². The monoisotopic (exact) mass is 275 g/mol. The van der Waals surface area contributed by atoms with Crippen LogP contribution in [0.25, 0.3) is 0 Å². The minimum Gasteiger partial charge on any atom is -0.494 e. The summed E-state index contributed by atoms with van der Waals surface area (Å²) in [6, 6.07) is 3.10. The molecule has 0 fully saturated rings. The van der Waals surface area contributed by atoms with Crippen LogP contribution in [0.15, 0.2) is 12.1 Å². The zero-order valence-electron chi connectivity index (χ0n) is 9.85. The molecule has 5 heteroatoms. The highest BCUT2D eigenvalue weighted by Gasteiger charge is 2.16. The van der Waals surface area contributed by atoms with Crippen LogP contribution < -0.4 is 10.1 Å². The van der Waals surface area contributed by atoms with E-state index in [9.17, 15) is 4.79 Å². The number of methoxy groups -OCH3 is 1. The van der Waals surface area contributed by atoms with Crippen molar-refractivity contribution in [3.05, 3.63) is 27.7 Å². The van der Waals surface area contributed by atoms with Gasteiger partial charge in [0.05, 0.1) is 17.7 Å². The summed E-state index contributed by atoms with van der Waals surface area (Å²) in [4.78, 5) is 11.9. The Morgan fingerprint density at radius 2 is 2.12 bits per heavy atom. The number of halogens is 2. The van der Waals surface area contributed by atoms with Gasteiger partial charge in [-0.05, 0) is 18.6 Å². The predicted octanol–water partition coefficient (Wildman–Crippen LogP) is 3.53. The van der Waals surface area contributed by atoms with Gasteiger partial charge >= 0.3 is 0 Å². The van der Waals surface area contributed by atoms with Crippen LogP contribution in [0.1, 0.15) is 30.1 Å². The molecule has 0 spiro atoms. The predicted molar refractivity (Wildman–Crippen MR) is 70.3 cm³/mol. The molecule has 0 radical (unpaired) electrons. The molecule has 1 rings (SSSR count). The second-order valence-electron chi connectivity index (χ2n) is 3.58. The molecule has 1 N–H and O–H groups in total. The first kappa shape index (κ1) is 14.1. The molecule has 1 amide bonds. The van der Waals surface area contributed by atoms with Crippen molar-refractivity contribution in [3.8, 4) is 5.75 Å². The van der Waals surface area contributed by atoms with E-state index in [1.807, 2.05) is 0 Å². The molecule has 0 aliphatic heterocycles. The normalized spacial score (nSPS) is 10.1. The minimum atomic E-state index is -0.222. The fourth-order valence-electron chi connectivity index (χ4n) is 1.41. The number of hydrogen-bond donors (Lipinski definition) is 1. The molecule has 0 atom stereocenters. The lowest BCUT2D eigenvalue weighted by molar-refractivity contribution is 0.0950. The van der Waals surface area contributed by atoms with E-state index in [4.69, 9.17) is 27.9 Å². The van der Waals surface area contributed by atoms with E-state index in [2.05, 4.69) is 12.2 Å². The number of carbonyl (C=O) groups excluding carboxylic acids is 1. The van der Waals surface area contributed by atoms with Gasteiger partial charge in [0.2, 0.25) is 0 Å². The van der Waals surface area contributed by atoms with Crippen molar-refractivity contribution >= 4 is 29.1 Å². The SMILES string of the molecule is CCCCNC(=O)c1cc(Cl)cc(Cl)c1OC. The van der Waals surface area contributed by atoms with Gasteiger partial charge in [-0.1, -0.05) is 36.5 Å². The molecule has 94 valence electrons. The summed E-state index contributed by atoms with van der Waals surface area (Å²) in [6.07, 6.45) is 1.95. The van der Waals surface area contributed by atoms with Gasteiger partial charge in [-0.25, -0.2) is 0 Å². The molecule has 3 nitrogen and oxygen atoms in total. The third kappa shape index (κ3) is 3.79. The van der Waals surface area contributed by atoms with Gasteiger partial charge in [-0.15, -0.1) is 0 Å². The zero-order valence-corrected chi connectivity index (χ0v) is 11.4. The van der Waals surface area contributed by atoms with Gasteiger partial charge in [0.25, 0.3) is 5.91 Å². The number of amides is 1. The Bertz CT molecular complexity index is 408. The van der Waals surface area contributed by atoms with E-state index >= 15 is 0 Å². The van der Waals surface area contributed by atoms with E-state index in [0.717, 1.165) is 12.8 Å². The average Bonchev–Trinajstić information content (AvgIpc) is 2.28. The Morgan fingerprint density at radius 3 is 2.71 bits per heavy atom. The number of rotatable bonds is 5. The first-order chi connectivity index (χ1) is 8.10. The van der Waals surface area contributed by atoms with Crippen LogP contribution in [-0.4, -0.2) is 19.6 Å². The standard InChI is InChI=1S/C12H15Cl2NO2/c1-3-4-5-15-12(16)9-6-8(13)7-10(14)11(9)17-2/h6-7H,3-5H2,1-2H3,(H,15,16). The molecule has 1 aromatic rings. The topological polar surface area (TPSA) is 38.3 Å².